The molecule has 0 unspecified atom stereocenters. The summed E-state index contributed by atoms with van der Waals surface area (Å²) in [5, 5.41) is 7.07. The lowest BCUT2D eigenvalue weighted by atomic mass is 9.91. The van der Waals surface area contributed by atoms with Crippen molar-refractivity contribution in [2.75, 3.05) is 19.6 Å². The van der Waals surface area contributed by atoms with Crippen LogP contribution in [0.2, 0.25) is 0 Å². The summed E-state index contributed by atoms with van der Waals surface area (Å²) in [5.41, 5.74) is 0.755. The van der Waals surface area contributed by atoms with Crippen LogP contribution in [0.5, 0.6) is 0 Å². The Kier molecular flexibility index (Phi) is 8.89. The van der Waals surface area contributed by atoms with Crippen molar-refractivity contribution in [3.63, 3.8) is 0 Å². The van der Waals surface area contributed by atoms with E-state index in [1.54, 1.807) is 0 Å². The first-order valence-electron chi connectivity index (χ1n) is 7.66. The van der Waals surface area contributed by atoms with Crippen molar-refractivity contribution in [3.8, 4) is 0 Å². The molecule has 18 heavy (non-hydrogen) atoms. The van der Waals surface area contributed by atoms with Crippen LogP contribution in [-0.4, -0.2) is 25.2 Å². The third-order valence-electron chi connectivity index (χ3n) is 2.97. The van der Waals surface area contributed by atoms with E-state index in [9.17, 15) is 0 Å². The zero-order valence-corrected chi connectivity index (χ0v) is 13.7. The van der Waals surface area contributed by atoms with Crippen molar-refractivity contribution in [2.45, 2.75) is 79.2 Å². The van der Waals surface area contributed by atoms with Crippen molar-refractivity contribution in [1.29, 1.82) is 0 Å². The molecular formula is C16H36N2. The Labute approximate surface area is 115 Å². The van der Waals surface area contributed by atoms with E-state index in [2.05, 4.69) is 52.2 Å². The highest BCUT2D eigenvalue weighted by Crippen LogP contribution is 2.19. The Hall–Kier alpha value is -0.0800. The van der Waals surface area contributed by atoms with Crippen LogP contribution >= 0.6 is 0 Å². The first-order chi connectivity index (χ1) is 8.21. The van der Waals surface area contributed by atoms with E-state index in [0.717, 1.165) is 6.54 Å². The summed E-state index contributed by atoms with van der Waals surface area (Å²) < 4.78 is 0. The van der Waals surface area contributed by atoms with Crippen LogP contribution in [-0.2, 0) is 0 Å². The zero-order chi connectivity index (χ0) is 14.1. The third-order valence-corrected chi connectivity index (χ3v) is 2.97. The van der Waals surface area contributed by atoms with Crippen molar-refractivity contribution in [1.82, 2.24) is 10.6 Å². The zero-order valence-electron chi connectivity index (χ0n) is 13.7. The van der Waals surface area contributed by atoms with E-state index in [1.165, 1.54) is 45.2 Å². The maximum absolute atomic E-state index is 3.54. The standard InChI is InChI=1S/C16H36N2/c1-15(2,3)11-10-13-17-12-8-7-9-14-18-16(4,5)6/h17-18H,7-14H2,1-6H3. The smallest absolute Gasteiger partial charge is 0.00965 e. The van der Waals surface area contributed by atoms with E-state index in [1.807, 2.05) is 0 Å². The predicted molar refractivity (Wildman–Crippen MR) is 83.2 cm³/mol. The van der Waals surface area contributed by atoms with E-state index in [0.29, 0.717) is 5.41 Å². The molecule has 2 heteroatoms. The van der Waals surface area contributed by atoms with Gasteiger partial charge in [-0.2, -0.15) is 0 Å². The number of rotatable bonds is 9. The molecule has 0 aliphatic rings. The summed E-state index contributed by atoms with van der Waals surface area (Å²) in [6.45, 7) is 17.1. The average Bonchev–Trinajstić information content (AvgIpc) is 2.17. The molecule has 0 rings (SSSR count). The lowest BCUT2D eigenvalue weighted by Gasteiger charge is -2.20. The summed E-state index contributed by atoms with van der Waals surface area (Å²) in [4.78, 5) is 0. The van der Waals surface area contributed by atoms with Crippen molar-refractivity contribution < 1.29 is 0 Å². The quantitative estimate of drug-likeness (QED) is 0.610. The molecule has 2 nitrogen and oxygen atoms in total. The van der Waals surface area contributed by atoms with E-state index >= 15 is 0 Å². The molecule has 0 aromatic heterocycles. The van der Waals surface area contributed by atoms with Gasteiger partial charge in [-0.25, -0.2) is 0 Å². The Bertz CT molecular complexity index is 164. The van der Waals surface area contributed by atoms with Crippen molar-refractivity contribution >= 4 is 0 Å². The van der Waals surface area contributed by atoms with Gasteiger partial charge in [0.1, 0.15) is 0 Å². The van der Waals surface area contributed by atoms with E-state index in [4.69, 9.17) is 0 Å². The van der Waals surface area contributed by atoms with Crippen LogP contribution in [0.1, 0.15) is 73.6 Å². The average molecular weight is 256 g/mol. The van der Waals surface area contributed by atoms with Crippen molar-refractivity contribution in [2.24, 2.45) is 5.41 Å². The summed E-state index contributed by atoms with van der Waals surface area (Å²) in [5.74, 6) is 0. The van der Waals surface area contributed by atoms with Crippen LogP contribution in [0.4, 0.5) is 0 Å². The molecule has 0 atom stereocenters. The van der Waals surface area contributed by atoms with Crippen molar-refractivity contribution in [3.05, 3.63) is 0 Å². The van der Waals surface area contributed by atoms with Gasteiger partial charge < -0.3 is 10.6 Å². The molecule has 0 spiro atoms. The highest BCUT2D eigenvalue weighted by atomic mass is 14.9. The van der Waals surface area contributed by atoms with Crippen LogP contribution in [0.15, 0.2) is 0 Å². The molecule has 0 aromatic carbocycles. The maximum Gasteiger partial charge on any atom is 0.00965 e. The van der Waals surface area contributed by atoms with Crippen LogP contribution in [0.3, 0.4) is 0 Å². The second-order valence-electron chi connectivity index (χ2n) is 7.65. The molecule has 0 saturated heterocycles. The molecule has 0 radical (unpaired) electrons. The van der Waals surface area contributed by atoms with E-state index in [-0.39, 0.29) is 5.54 Å². The van der Waals surface area contributed by atoms with E-state index < -0.39 is 0 Å². The van der Waals surface area contributed by atoms with Crippen LogP contribution in [0.25, 0.3) is 0 Å². The Morgan fingerprint density at radius 3 is 1.78 bits per heavy atom. The van der Waals surface area contributed by atoms with Crippen LogP contribution in [0, 0.1) is 5.41 Å². The molecule has 0 aromatic rings. The fraction of sp³-hybridized carbons (Fsp3) is 1.00. The first-order valence-corrected chi connectivity index (χ1v) is 7.66. The molecule has 0 aliphatic carbocycles. The minimum atomic E-state index is 0.269. The summed E-state index contributed by atoms with van der Waals surface area (Å²) in [6, 6.07) is 0. The monoisotopic (exact) mass is 256 g/mol. The minimum absolute atomic E-state index is 0.269. The van der Waals surface area contributed by atoms with Gasteiger partial charge in [-0.15, -0.1) is 0 Å². The number of nitrogens with one attached hydrogen (secondary N) is 2. The Balaban J connectivity index is 3.13. The van der Waals surface area contributed by atoms with Gasteiger partial charge in [-0.3, -0.25) is 0 Å². The SMILES string of the molecule is CC(C)(C)CCCNCCCCCNC(C)(C)C. The molecule has 0 aliphatic heterocycles. The number of hydrogen-bond acceptors (Lipinski definition) is 2. The first kappa shape index (κ1) is 17.9. The number of unbranched alkanes of at least 4 members (excludes halogenated alkanes) is 2. The van der Waals surface area contributed by atoms with Gasteiger partial charge in [-0.1, -0.05) is 27.2 Å². The highest BCUT2D eigenvalue weighted by molar-refractivity contribution is 4.69. The largest absolute Gasteiger partial charge is 0.317 e. The number of hydrogen-bond donors (Lipinski definition) is 2. The maximum atomic E-state index is 3.54. The topological polar surface area (TPSA) is 24.1 Å². The molecule has 0 heterocycles. The summed E-state index contributed by atoms with van der Waals surface area (Å²) in [6.07, 6.45) is 6.54. The molecular weight excluding hydrogens is 220 g/mol. The lowest BCUT2D eigenvalue weighted by Crippen LogP contribution is -2.36. The van der Waals surface area contributed by atoms with Gasteiger partial charge in [0.15, 0.2) is 0 Å². The molecule has 0 bridgehead atoms. The molecule has 110 valence electrons. The lowest BCUT2D eigenvalue weighted by molar-refractivity contribution is 0.360. The predicted octanol–water partition coefficient (Wildman–Crippen LogP) is 3.96. The molecule has 2 N–H and O–H groups in total. The van der Waals surface area contributed by atoms with Gasteiger partial charge in [0.25, 0.3) is 0 Å². The molecule has 0 amide bonds. The normalized spacial score (nSPS) is 13.0. The fourth-order valence-electron chi connectivity index (χ4n) is 1.88. The Morgan fingerprint density at radius 2 is 1.22 bits per heavy atom. The molecule has 0 fully saturated rings. The van der Waals surface area contributed by atoms with Gasteiger partial charge >= 0.3 is 0 Å². The highest BCUT2D eigenvalue weighted by Gasteiger charge is 2.08. The summed E-state index contributed by atoms with van der Waals surface area (Å²) in [7, 11) is 0. The second kappa shape index (κ2) is 8.92. The third kappa shape index (κ3) is 15.9. The fourth-order valence-corrected chi connectivity index (χ4v) is 1.88. The minimum Gasteiger partial charge on any atom is -0.317 e. The van der Waals surface area contributed by atoms with Crippen LogP contribution < -0.4 is 10.6 Å². The van der Waals surface area contributed by atoms with Gasteiger partial charge in [0, 0.05) is 5.54 Å². The van der Waals surface area contributed by atoms with Gasteiger partial charge in [-0.05, 0) is 71.5 Å². The summed E-state index contributed by atoms with van der Waals surface area (Å²) >= 11 is 0. The molecule has 0 saturated carbocycles. The Morgan fingerprint density at radius 1 is 0.667 bits per heavy atom. The second-order valence-corrected chi connectivity index (χ2v) is 7.65. The van der Waals surface area contributed by atoms with Gasteiger partial charge in [0.2, 0.25) is 0 Å². The van der Waals surface area contributed by atoms with Gasteiger partial charge in [0.05, 0.1) is 0 Å².